The molecule has 1 heterocycles. The second-order valence-corrected chi connectivity index (χ2v) is 10.0. The Morgan fingerprint density at radius 2 is 1.97 bits per heavy atom. The number of allylic oxidation sites excluding steroid dienone is 1. The van der Waals surface area contributed by atoms with Gasteiger partial charge in [-0.25, -0.2) is 13.2 Å². The summed E-state index contributed by atoms with van der Waals surface area (Å²) in [4.78, 5) is 36.6. The molecule has 4 N–H and O–H groups in total. The molecule has 29 heavy (non-hydrogen) atoms. The fraction of sp³-hybridized carbons (Fsp3) is 0.722. The Morgan fingerprint density at radius 1 is 1.24 bits per heavy atom. The highest BCUT2D eigenvalue weighted by atomic mass is 32.2. The van der Waals surface area contributed by atoms with E-state index in [1.807, 2.05) is 6.08 Å². The van der Waals surface area contributed by atoms with Gasteiger partial charge in [-0.1, -0.05) is 12.5 Å². The van der Waals surface area contributed by atoms with Gasteiger partial charge in [0, 0.05) is 13.1 Å². The van der Waals surface area contributed by atoms with Crippen LogP contribution in [0.25, 0.3) is 0 Å². The molecule has 1 saturated carbocycles. The van der Waals surface area contributed by atoms with Crippen molar-refractivity contribution in [2.75, 3.05) is 13.1 Å². The Morgan fingerprint density at radius 3 is 2.62 bits per heavy atom. The minimum Gasteiger partial charge on any atom is -0.368 e. The summed E-state index contributed by atoms with van der Waals surface area (Å²) >= 11 is 0. The van der Waals surface area contributed by atoms with Crippen molar-refractivity contribution in [3.8, 4) is 0 Å². The molecule has 2 rings (SSSR count). The lowest BCUT2D eigenvalue weighted by Crippen LogP contribution is -2.48. The first-order chi connectivity index (χ1) is 13.7. The molecule has 1 atom stereocenters. The minimum absolute atomic E-state index is 0.248. The Balaban J connectivity index is 1.51. The second-order valence-electron chi connectivity index (χ2n) is 7.85. The average molecular weight is 425 g/mol. The van der Waals surface area contributed by atoms with Gasteiger partial charge in [0.25, 0.3) is 7.28 Å². The zero-order chi connectivity index (χ0) is 21.5. The summed E-state index contributed by atoms with van der Waals surface area (Å²) in [7, 11) is -2.38. The average Bonchev–Trinajstić information content (AvgIpc) is 3.21. The highest BCUT2D eigenvalue weighted by Crippen LogP contribution is 2.42. The summed E-state index contributed by atoms with van der Waals surface area (Å²) in [6.45, 7) is 2.70. The molecule has 4 amide bonds. The molecule has 11 heteroatoms. The van der Waals surface area contributed by atoms with Gasteiger partial charge in [0.2, 0.25) is 15.9 Å². The van der Waals surface area contributed by atoms with Gasteiger partial charge in [0.15, 0.2) is 5.81 Å². The number of rotatable bonds is 11. The zero-order valence-electron chi connectivity index (χ0n) is 16.9. The highest BCUT2D eigenvalue weighted by molar-refractivity contribution is 7.91. The summed E-state index contributed by atoms with van der Waals surface area (Å²) in [6, 6.07) is -0.752. The first-order valence-corrected chi connectivity index (χ1v) is 11.5. The van der Waals surface area contributed by atoms with Crippen molar-refractivity contribution in [2.45, 2.75) is 69.1 Å². The molecule has 0 aromatic carbocycles. The third-order valence-electron chi connectivity index (χ3n) is 5.39. The molecule has 0 aromatic rings. The number of nitrogens with zero attached hydrogens (tertiary/aromatic N) is 1. The van der Waals surface area contributed by atoms with Crippen LogP contribution >= 0.6 is 0 Å². The van der Waals surface area contributed by atoms with Crippen LogP contribution in [-0.4, -0.2) is 62.2 Å². The first kappa shape index (κ1) is 23.2. The number of amides is 4. The van der Waals surface area contributed by atoms with Crippen LogP contribution in [0.4, 0.5) is 9.59 Å². The molecule has 1 aliphatic heterocycles. The molecule has 1 aliphatic carbocycles. The summed E-state index contributed by atoms with van der Waals surface area (Å²) in [5, 5.41) is 2.81. The molecule has 161 valence electrons. The Kier molecular flexibility index (Phi) is 8.12. The van der Waals surface area contributed by atoms with Gasteiger partial charge in [-0.15, -0.1) is 5.98 Å². The largest absolute Gasteiger partial charge is 0.368 e. The predicted octanol–water partition coefficient (Wildman–Crippen LogP) is 1.02. The topological polar surface area (TPSA) is 139 Å². The predicted molar refractivity (Wildman–Crippen MR) is 111 cm³/mol. The van der Waals surface area contributed by atoms with Crippen molar-refractivity contribution in [1.82, 2.24) is 14.9 Å². The smallest absolute Gasteiger partial charge is 0.318 e. The van der Waals surface area contributed by atoms with Crippen LogP contribution in [0.2, 0.25) is 0 Å². The van der Waals surface area contributed by atoms with E-state index in [1.54, 1.807) is 12.9 Å². The molecule has 1 saturated heterocycles. The Hall–Kier alpha value is -2.04. The summed E-state index contributed by atoms with van der Waals surface area (Å²) in [5.74, 6) is 0.460. The number of hydrogen-bond donors (Lipinski definition) is 3. The third-order valence-corrected chi connectivity index (χ3v) is 7.56. The summed E-state index contributed by atoms with van der Waals surface area (Å²) < 4.78 is 25.1. The van der Waals surface area contributed by atoms with Crippen LogP contribution in [0.5, 0.6) is 0 Å². The number of urea groups is 1. The number of primary amides is 1. The SMILES string of the molecule is CC1(S(=O)(=O)NC(=O)[B]/C=C\CCCCCNC(=O)N2CCC[C@H]2C(N)=O)CC1. The van der Waals surface area contributed by atoms with Crippen LogP contribution in [-0.2, 0) is 14.8 Å². The maximum atomic E-state index is 12.1. The van der Waals surface area contributed by atoms with Gasteiger partial charge in [-0.05, 0) is 51.9 Å². The molecular weight excluding hydrogens is 395 g/mol. The van der Waals surface area contributed by atoms with Gasteiger partial charge in [-0.3, -0.25) is 14.3 Å². The standard InChI is InChI=1S/C18H30BN4O5S/c1-18(9-10-18)29(27,28)22-16(25)19-11-5-3-2-4-6-12-21-17(26)23-13-7-8-14(23)15(20)24/h5,11,14H,2-4,6-10,12-13H2,1H3,(H2,20,24)(H,21,26)(H,22,25)/b11-5-/t14-/m0/s1. The summed E-state index contributed by atoms with van der Waals surface area (Å²) in [6.07, 6.45) is 7.70. The first-order valence-electron chi connectivity index (χ1n) is 10.1. The van der Waals surface area contributed by atoms with Crippen LogP contribution in [0.1, 0.15) is 58.3 Å². The van der Waals surface area contributed by atoms with Crippen molar-refractivity contribution in [2.24, 2.45) is 5.73 Å². The lowest BCUT2D eigenvalue weighted by atomic mass is 9.77. The monoisotopic (exact) mass is 425 g/mol. The molecule has 2 aliphatic rings. The fourth-order valence-electron chi connectivity index (χ4n) is 3.15. The third kappa shape index (κ3) is 6.76. The molecule has 0 spiro atoms. The van der Waals surface area contributed by atoms with Gasteiger partial charge >= 0.3 is 6.03 Å². The van der Waals surface area contributed by atoms with Crippen LogP contribution in [0, 0.1) is 0 Å². The van der Waals surface area contributed by atoms with Crippen molar-refractivity contribution >= 4 is 35.0 Å². The van der Waals surface area contributed by atoms with Crippen molar-refractivity contribution in [1.29, 1.82) is 0 Å². The lowest BCUT2D eigenvalue weighted by molar-refractivity contribution is -0.121. The number of nitrogens with two attached hydrogens (primary N) is 1. The molecule has 0 bridgehead atoms. The number of carbonyl (C=O) groups is 3. The number of hydrogen-bond acceptors (Lipinski definition) is 5. The van der Waals surface area contributed by atoms with E-state index in [1.165, 1.54) is 12.2 Å². The van der Waals surface area contributed by atoms with E-state index >= 15 is 0 Å². The van der Waals surface area contributed by atoms with Crippen molar-refractivity contribution in [3.63, 3.8) is 0 Å². The van der Waals surface area contributed by atoms with Gasteiger partial charge in [0.05, 0.1) is 4.75 Å². The van der Waals surface area contributed by atoms with Crippen LogP contribution in [0.3, 0.4) is 0 Å². The van der Waals surface area contributed by atoms with E-state index in [-0.39, 0.29) is 6.03 Å². The number of sulfonamides is 1. The minimum atomic E-state index is -3.59. The number of carbonyl (C=O) groups excluding carboxylic acids is 3. The van der Waals surface area contributed by atoms with Crippen molar-refractivity contribution in [3.05, 3.63) is 12.1 Å². The Labute approximate surface area is 173 Å². The fourth-order valence-corrected chi connectivity index (χ4v) is 4.37. The van der Waals surface area contributed by atoms with E-state index in [4.69, 9.17) is 5.73 Å². The second kappa shape index (κ2) is 10.1. The van der Waals surface area contributed by atoms with Gasteiger partial charge < -0.3 is 16.0 Å². The highest BCUT2D eigenvalue weighted by Gasteiger charge is 2.50. The molecule has 2 fully saturated rings. The van der Waals surface area contributed by atoms with E-state index in [0.29, 0.717) is 32.4 Å². The zero-order valence-corrected chi connectivity index (χ0v) is 17.7. The molecular formula is C18H30BN4O5S. The number of unbranched alkanes of at least 4 members (excludes halogenated alkanes) is 3. The maximum Gasteiger partial charge on any atom is 0.318 e. The molecule has 9 nitrogen and oxygen atoms in total. The van der Waals surface area contributed by atoms with E-state index < -0.39 is 32.5 Å². The number of likely N-dealkylation sites (tertiary alicyclic amines) is 1. The van der Waals surface area contributed by atoms with E-state index in [2.05, 4.69) is 10.0 Å². The summed E-state index contributed by atoms with van der Waals surface area (Å²) in [5.41, 5.74) is 5.31. The van der Waals surface area contributed by atoms with Crippen LogP contribution < -0.4 is 15.8 Å². The number of nitrogens with one attached hydrogen (secondary N) is 2. The maximum absolute atomic E-state index is 12.1. The molecule has 1 radical (unpaired) electrons. The molecule has 0 unspecified atom stereocenters. The van der Waals surface area contributed by atoms with Gasteiger partial charge in [-0.2, -0.15) is 0 Å². The Bertz CT molecular complexity index is 751. The lowest BCUT2D eigenvalue weighted by Gasteiger charge is -2.22. The quantitative estimate of drug-likeness (QED) is 0.335. The van der Waals surface area contributed by atoms with Crippen molar-refractivity contribution < 1.29 is 22.8 Å². The molecule has 0 aromatic heterocycles. The van der Waals surface area contributed by atoms with E-state index in [0.717, 1.165) is 32.1 Å². The normalized spacial score (nSPS) is 20.4. The van der Waals surface area contributed by atoms with Gasteiger partial charge in [0.1, 0.15) is 6.04 Å². The van der Waals surface area contributed by atoms with E-state index in [9.17, 15) is 22.8 Å². The van der Waals surface area contributed by atoms with Crippen LogP contribution in [0.15, 0.2) is 12.1 Å².